The van der Waals surface area contributed by atoms with Crippen LogP contribution in [0.5, 0.6) is 0 Å². The lowest BCUT2D eigenvalue weighted by atomic mass is 10.0. The molecule has 2 fully saturated rings. The molecule has 2 aliphatic rings. The van der Waals surface area contributed by atoms with Gasteiger partial charge in [-0.05, 0) is 48.4 Å². The van der Waals surface area contributed by atoms with Gasteiger partial charge in [-0.15, -0.1) is 11.3 Å². The SMILES string of the molecule is O=C1NC(=S)SC1=Cc1cc(-c2cnc3ccccc3c2N2CCCCC2)cs1. The number of thiocarbonyl (C=S) groups is 1. The number of nitrogens with one attached hydrogen (secondary N) is 1. The molecule has 2 aliphatic heterocycles. The lowest BCUT2D eigenvalue weighted by molar-refractivity contribution is -0.115. The number of para-hydroxylation sites is 1. The first kappa shape index (κ1) is 18.8. The van der Waals surface area contributed by atoms with E-state index in [4.69, 9.17) is 17.2 Å². The van der Waals surface area contributed by atoms with E-state index in [9.17, 15) is 4.79 Å². The molecule has 1 aromatic carbocycles. The number of rotatable bonds is 3. The molecule has 2 saturated heterocycles. The fourth-order valence-electron chi connectivity index (χ4n) is 3.92. The van der Waals surface area contributed by atoms with Gasteiger partial charge in [0, 0.05) is 35.1 Å². The standard InChI is InChI=1S/C22H19N3OS3/c26-21-19(29-22(27)24-21)11-15-10-14(13-28-15)17-12-23-18-7-3-2-6-16(18)20(17)25-8-4-1-5-9-25/h2-3,6-7,10-13H,1,4-5,8-9H2,(H,24,26,27). The largest absolute Gasteiger partial charge is 0.370 e. The van der Waals surface area contributed by atoms with Crippen molar-refractivity contribution in [3.8, 4) is 11.1 Å². The summed E-state index contributed by atoms with van der Waals surface area (Å²) in [6.45, 7) is 2.16. The second-order valence-corrected chi connectivity index (χ2v) is 9.84. The normalized spacial score (nSPS) is 18.6. The predicted molar refractivity (Wildman–Crippen MR) is 127 cm³/mol. The summed E-state index contributed by atoms with van der Waals surface area (Å²) >= 11 is 8.04. The maximum absolute atomic E-state index is 12.0. The number of thiophene rings is 1. The van der Waals surface area contributed by atoms with E-state index in [0.717, 1.165) is 34.6 Å². The maximum atomic E-state index is 12.0. The number of anilines is 1. The van der Waals surface area contributed by atoms with E-state index < -0.39 is 0 Å². The second kappa shape index (κ2) is 7.89. The van der Waals surface area contributed by atoms with Crippen LogP contribution < -0.4 is 10.2 Å². The van der Waals surface area contributed by atoms with Gasteiger partial charge >= 0.3 is 0 Å². The van der Waals surface area contributed by atoms with E-state index in [0.29, 0.717) is 9.23 Å². The van der Waals surface area contributed by atoms with Crippen molar-refractivity contribution in [1.82, 2.24) is 10.3 Å². The highest BCUT2D eigenvalue weighted by molar-refractivity contribution is 8.26. The molecule has 2 aromatic heterocycles. The number of pyridine rings is 1. The van der Waals surface area contributed by atoms with Crippen LogP contribution in [0.3, 0.4) is 0 Å². The van der Waals surface area contributed by atoms with Gasteiger partial charge in [-0.2, -0.15) is 0 Å². The van der Waals surface area contributed by atoms with Gasteiger partial charge in [-0.1, -0.05) is 42.2 Å². The van der Waals surface area contributed by atoms with E-state index in [1.165, 1.54) is 42.1 Å². The molecule has 3 aromatic rings. The Morgan fingerprint density at radius 3 is 2.79 bits per heavy atom. The zero-order chi connectivity index (χ0) is 19.8. The Bertz CT molecular complexity index is 1150. The van der Waals surface area contributed by atoms with Gasteiger partial charge in [0.15, 0.2) is 0 Å². The summed E-state index contributed by atoms with van der Waals surface area (Å²) in [4.78, 5) is 20.9. The first-order valence-electron chi connectivity index (χ1n) is 9.65. The summed E-state index contributed by atoms with van der Waals surface area (Å²) in [5.74, 6) is -0.115. The highest BCUT2D eigenvalue weighted by Gasteiger charge is 2.23. The minimum absolute atomic E-state index is 0.115. The number of piperidine rings is 1. The van der Waals surface area contributed by atoms with Crippen molar-refractivity contribution in [3.05, 3.63) is 51.7 Å². The van der Waals surface area contributed by atoms with Crippen LogP contribution in [0.4, 0.5) is 5.69 Å². The van der Waals surface area contributed by atoms with Crippen molar-refractivity contribution in [2.75, 3.05) is 18.0 Å². The second-order valence-electron chi connectivity index (χ2n) is 7.18. The Balaban J connectivity index is 1.58. The highest BCUT2D eigenvalue weighted by Crippen LogP contribution is 2.40. The van der Waals surface area contributed by atoms with Crippen molar-refractivity contribution in [3.63, 3.8) is 0 Å². The van der Waals surface area contributed by atoms with Crippen LogP contribution in [0, 0.1) is 0 Å². The molecule has 0 atom stereocenters. The summed E-state index contributed by atoms with van der Waals surface area (Å²) in [6, 6.07) is 10.5. The number of benzene rings is 1. The van der Waals surface area contributed by atoms with Crippen LogP contribution in [0.25, 0.3) is 28.1 Å². The molecule has 29 heavy (non-hydrogen) atoms. The third-order valence-corrected chi connectivity index (χ3v) is 7.31. The predicted octanol–water partition coefficient (Wildman–Crippen LogP) is 5.44. The Morgan fingerprint density at radius 2 is 2.00 bits per heavy atom. The lowest BCUT2D eigenvalue weighted by Crippen LogP contribution is -2.30. The summed E-state index contributed by atoms with van der Waals surface area (Å²) < 4.78 is 0.518. The van der Waals surface area contributed by atoms with Gasteiger partial charge in [-0.25, -0.2) is 0 Å². The van der Waals surface area contributed by atoms with Crippen LogP contribution >= 0.6 is 35.3 Å². The number of carbonyl (C=O) groups excluding carboxylic acids is 1. The molecule has 4 nitrogen and oxygen atoms in total. The highest BCUT2D eigenvalue weighted by atomic mass is 32.2. The topological polar surface area (TPSA) is 45.2 Å². The molecular weight excluding hydrogens is 418 g/mol. The quantitative estimate of drug-likeness (QED) is 0.436. The smallest absolute Gasteiger partial charge is 0.263 e. The number of nitrogens with zero attached hydrogens (tertiary/aromatic N) is 2. The minimum atomic E-state index is -0.115. The molecule has 5 rings (SSSR count). The molecule has 0 saturated carbocycles. The molecule has 4 heterocycles. The molecule has 0 spiro atoms. The van der Waals surface area contributed by atoms with Crippen molar-refractivity contribution in [1.29, 1.82) is 0 Å². The van der Waals surface area contributed by atoms with E-state index in [1.54, 1.807) is 11.3 Å². The minimum Gasteiger partial charge on any atom is -0.370 e. The number of amides is 1. The first-order chi connectivity index (χ1) is 14.2. The Labute approximate surface area is 183 Å². The molecule has 0 aliphatic carbocycles. The van der Waals surface area contributed by atoms with Crippen molar-refractivity contribution in [2.45, 2.75) is 19.3 Å². The van der Waals surface area contributed by atoms with E-state index >= 15 is 0 Å². The Morgan fingerprint density at radius 1 is 1.17 bits per heavy atom. The number of hydrogen-bond donors (Lipinski definition) is 1. The molecule has 0 unspecified atom stereocenters. The maximum Gasteiger partial charge on any atom is 0.263 e. The summed E-state index contributed by atoms with van der Waals surface area (Å²) in [7, 11) is 0. The summed E-state index contributed by atoms with van der Waals surface area (Å²) in [5, 5.41) is 6.03. The monoisotopic (exact) mass is 437 g/mol. The van der Waals surface area contributed by atoms with E-state index in [2.05, 4.69) is 39.9 Å². The van der Waals surface area contributed by atoms with Gasteiger partial charge in [-0.3, -0.25) is 9.78 Å². The molecule has 0 radical (unpaired) electrons. The number of thioether (sulfide) groups is 1. The molecule has 7 heteroatoms. The van der Waals surface area contributed by atoms with Crippen molar-refractivity contribution >= 4 is 68.2 Å². The van der Waals surface area contributed by atoms with Gasteiger partial charge in [0.05, 0.1) is 16.1 Å². The third kappa shape index (κ3) is 3.70. The van der Waals surface area contributed by atoms with Gasteiger partial charge < -0.3 is 10.2 Å². The van der Waals surface area contributed by atoms with Crippen molar-refractivity contribution < 1.29 is 4.79 Å². The van der Waals surface area contributed by atoms with E-state index in [-0.39, 0.29) is 5.91 Å². The number of carbonyl (C=O) groups is 1. The van der Waals surface area contributed by atoms with Gasteiger partial charge in [0.2, 0.25) is 0 Å². The average molecular weight is 438 g/mol. The fourth-order valence-corrected chi connectivity index (χ4v) is 5.86. The zero-order valence-corrected chi connectivity index (χ0v) is 18.1. The van der Waals surface area contributed by atoms with Crippen LogP contribution in [0.1, 0.15) is 24.1 Å². The molecule has 1 N–H and O–H groups in total. The zero-order valence-electron chi connectivity index (χ0n) is 15.7. The first-order valence-corrected chi connectivity index (χ1v) is 11.8. The fraction of sp³-hybridized carbons (Fsp3) is 0.227. The lowest BCUT2D eigenvalue weighted by Gasteiger charge is -2.31. The van der Waals surface area contributed by atoms with Gasteiger partial charge in [0.1, 0.15) is 4.32 Å². The average Bonchev–Trinajstić information content (AvgIpc) is 3.33. The van der Waals surface area contributed by atoms with Crippen LogP contribution in [0.15, 0.2) is 46.8 Å². The Kier molecular flexibility index (Phi) is 5.11. The summed E-state index contributed by atoms with van der Waals surface area (Å²) in [6.07, 6.45) is 7.67. The number of hydrogen-bond acceptors (Lipinski definition) is 6. The number of aromatic nitrogens is 1. The Hall–Kier alpha value is -2.22. The number of fused-ring (bicyclic) bond motifs is 1. The molecule has 1 amide bonds. The molecule has 146 valence electrons. The van der Waals surface area contributed by atoms with Crippen LogP contribution in [0.2, 0.25) is 0 Å². The van der Waals surface area contributed by atoms with Crippen LogP contribution in [-0.2, 0) is 4.79 Å². The van der Waals surface area contributed by atoms with Crippen LogP contribution in [-0.4, -0.2) is 28.3 Å². The molecule has 0 bridgehead atoms. The molecular formula is C22H19N3OS3. The summed E-state index contributed by atoms with van der Waals surface area (Å²) in [5.41, 5.74) is 4.61. The van der Waals surface area contributed by atoms with E-state index in [1.807, 2.05) is 18.3 Å². The third-order valence-electron chi connectivity index (χ3n) is 5.27. The van der Waals surface area contributed by atoms with Crippen molar-refractivity contribution in [2.24, 2.45) is 0 Å². The van der Waals surface area contributed by atoms with Gasteiger partial charge in [0.25, 0.3) is 5.91 Å².